The third-order valence-corrected chi connectivity index (χ3v) is 5.69. The number of rotatable bonds is 5. The summed E-state index contributed by atoms with van der Waals surface area (Å²) >= 11 is 0. The summed E-state index contributed by atoms with van der Waals surface area (Å²) in [5, 5.41) is 3.88. The van der Waals surface area contributed by atoms with Gasteiger partial charge in [0.05, 0.1) is 5.56 Å². The minimum absolute atomic E-state index is 0.120. The fourth-order valence-electron chi connectivity index (χ4n) is 4.14. The lowest BCUT2D eigenvalue weighted by Gasteiger charge is -2.14. The second kappa shape index (κ2) is 8.13. The SMILES string of the molecule is O=C(Nc1ccccc1)c1c[nH]c2ccc(-c3cncc(CN4CCCC4)c3)cc12. The Morgan fingerprint density at radius 3 is 2.67 bits per heavy atom. The summed E-state index contributed by atoms with van der Waals surface area (Å²) in [5.41, 5.74) is 5.73. The van der Waals surface area contributed by atoms with E-state index in [1.54, 1.807) is 6.20 Å². The number of nitrogens with zero attached hydrogens (tertiary/aromatic N) is 2. The number of nitrogens with one attached hydrogen (secondary N) is 2. The van der Waals surface area contributed by atoms with Gasteiger partial charge in [0.25, 0.3) is 5.91 Å². The Balaban J connectivity index is 1.43. The molecule has 0 atom stereocenters. The molecule has 2 aromatic heterocycles. The molecule has 30 heavy (non-hydrogen) atoms. The maximum Gasteiger partial charge on any atom is 0.257 e. The van der Waals surface area contributed by atoms with Gasteiger partial charge < -0.3 is 10.3 Å². The second-order valence-corrected chi connectivity index (χ2v) is 7.85. The Hall–Kier alpha value is -3.44. The Bertz CT molecular complexity index is 1180. The minimum atomic E-state index is -0.120. The molecule has 0 spiro atoms. The maximum atomic E-state index is 12.8. The summed E-state index contributed by atoms with van der Waals surface area (Å²) in [4.78, 5) is 23.0. The number of fused-ring (bicyclic) bond motifs is 1. The lowest BCUT2D eigenvalue weighted by molar-refractivity contribution is 0.102. The number of amides is 1. The number of aromatic amines is 1. The van der Waals surface area contributed by atoms with Gasteiger partial charge in [0, 0.05) is 47.3 Å². The van der Waals surface area contributed by atoms with Crippen LogP contribution in [0.2, 0.25) is 0 Å². The van der Waals surface area contributed by atoms with Crippen molar-refractivity contribution in [1.82, 2.24) is 14.9 Å². The molecule has 3 heterocycles. The van der Waals surface area contributed by atoms with Crippen LogP contribution in [0, 0.1) is 0 Å². The van der Waals surface area contributed by atoms with E-state index < -0.39 is 0 Å². The van der Waals surface area contributed by atoms with E-state index in [1.807, 2.05) is 48.8 Å². The molecule has 4 aromatic rings. The maximum absolute atomic E-state index is 12.8. The molecule has 0 saturated carbocycles. The van der Waals surface area contributed by atoms with Gasteiger partial charge in [-0.05, 0) is 67.4 Å². The molecule has 2 N–H and O–H groups in total. The predicted molar refractivity (Wildman–Crippen MR) is 120 cm³/mol. The molecule has 1 aliphatic rings. The van der Waals surface area contributed by atoms with E-state index in [0.29, 0.717) is 5.56 Å². The largest absolute Gasteiger partial charge is 0.360 e. The number of anilines is 1. The van der Waals surface area contributed by atoms with Crippen molar-refractivity contribution < 1.29 is 4.79 Å². The third-order valence-electron chi connectivity index (χ3n) is 5.69. The molecule has 0 unspecified atom stereocenters. The number of H-pyrrole nitrogens is 1. The van der Waals surface area contributed by atoms with Crippen LogP contribution in [0.25, 0.3) is 22.0 Å². The van der Waals surface area contributed by atoms with Crippen molar-refractivity contribution in [2.45, 2.75) is 19.4 Å². The van der Waals surface area contributed by atoms with Crippen LogP contribution in [-0.2, 0) is 6.54 Å². The summed E-state index contributed by atoms with van der Waals surface area (Å²) in [6.45, 7) is 3.27. The standard InChI is InChI=1S/C25H24N4O/c30-25(28-21-6-2-1-3-7-21)23-16-27-24-9-8-19(13-22(23)24)20-12-18(14-26-15-20)17-29-10-4-5-11-29/h1-3,6-9,12-16,27H,4-5,10-11,17H2,(H,28,30). The summed E-state index contributed by atoms with van der Waals surface area (Å²) in [6.07, 6.45) is 8.19. The number of benzene rings is 2. The lowest BCUT2D eigenvalue weighted by Crippen LogP contribution is -2.18. The van der Waals surface area contributed by atoms with Crippen LogP contribution in [0.4, 0.5) is 5.69 Å². The monoisotopic (exact) mass is 396 g/mol. The number of carbonyl (C=O) groups is 1. The molecule has 1 saturated heterocycles. The summed E-state index contributed by atoms with van der Waals surface area (Å²) in [5.74, 6) is -0.120. The van der Waals surface area contributed by atoms with Crippen LogP contribution in [-0.4, -0.2) is 33.9 Å². The predicted octanol–water partition coefficient (Wildman–Crippen LogP) is 5.08. The molecule has 1 aliphatic heterocycles. The highest BCUT2D eigenvalue weighted by Gasteiger charge is 2.15. The van der Waals surface area contributed by atoms with E-state index in [-0.39, 0.29) is 5.91 Å². The molecule has 5 rings (SSSR count). The van der Waals surface area contributed by atoms with Crippen LogP contribution < -0.4 is 5.32 Å². The van der Waals surface area contributed by atoms with Gasteiger partial charge in [0.15, 0.2) is 0 Å². The molecular weight excluding hydrogens is 372 g/mol. The zero-order valence-electron chi connectivity index (χ0n) is 16.8. The summed E-state index contributed by atoms with van der Waals surface area (Å²) in [7, 11) is 0. The highest BCUT2D eigenvalue weighted by atomic mass is 16.1. The first-order chi connectivity index (χ1) is 14.8. The molecule has 0 aliphatic carbocycles. The zero-order chi connectivity index (χ0) is 20.3. The average Bonchev–Trinajstić information content (AvgIpc) is 3.44. The number of pyridine rings is 1. The number of likely N-dealkylation sites (tertiary alicyclic amines) is 1. The van der Waals surface area contributed by atoms with E-state index in [1.165, 1.54) is 31.5 Å². The molecule has 0 bridgehead atoms. The van der Waals surface area contributed by atoms with Crippen molar-refractivity contribution >= 4 is 22.5 Å². The van der Waals surface area contributed by atoms with Crippen molar-refractivity contribution in [3.63, 3.8) is 0 Å². The number of hydrogen-bond donors (Lipinski definition) is 2. The normalized spacial score (nSPS) is 14.3. The van der Waals surface area contributed by atoms with Gasteiger partial charge in [-0.25, -0.2) is 0 Å². The van der Waals surface area contributed by atoms with Gasteiger partial charge in [0.1, 0.15) is 0 Å². The summed E-state index contributed by atoms with van der Waals surface area (Å²) < 4.78 is 0. The van der Waals surface area contributed by atoms with Crippen molar-refractivity contribution in [2.24, 2.45) is 0 Å². The van der Waals surface area contributed by atoms with E-state index in [9.17, 15) is 4.79 Å². The first-order valence-corrected chi connectivity index (χ1v) is 10.4. The van der Waals surface area contributed by atoms with Gasteiger partial charge in [-0.3, -0.25) is 14.7 Å². The van der Waals surface area contributed by atoms with Gasteiger partial charge >= 0.3 is 0 Å². The summed E-state index contributed by atoms with van der Waals surface area (Å²) in [6, 6.07) is 17.9. The van der Waals surface area contributed by atoms with Gasteiger partial charge in [0.2, 0.25) is 0 Å². The number of carbonyl (C=O) groups excluding carboxylic acids is 1. The van der Waals surface area contributed by atoms with E-state index in [4.69, 9.17) is 0 Å². The molecule has 0 radical (unpaired) electrons. The molecule has 1 amide bonds. The Kier molecular flexibility index (Phi) is 5.03. The first-order valence-electron chi connectivity index (χ1n) is 10.4. The fourth-order valence-corrected chi connectivity index (χ4v) is 4.14. The van der Waals surface area contributed by atoms with Crippen LogP contribution >= 0.6 is 0 Å². The Morgan fingerprint density at radius 1 is 1.00 bits per heavy atom. The van der Waals surface area contributed by atoms with Crippen molar-refractivity contribution in [1.29, 1.82) is 0 Å². The molecule has 5 nitrogen and oxygen atoms in total. The topological polar surface area (TPSA) is 61.0 Å². The van der Waals surface area contributed by atoms with Crippen molar-refractivity contribution in [3.05, 3.63) is 84.3 Å². The van der Waals surface area contributed by atoms with E-state index >= 15 is 0 Å². The highest BCUT2D eigenvalue weighted by molar-refractivity contribution is 6.13. The lowest BCUT2D eigenvalue weighted by atomic mass is 10.0. The van der Waals surface area contributed by atoms with Crippen LogP contribution in [0.1, 0.15) is 28.8 Å². The Labute approximate surface area is 175 Å². The quantitative estimate of drug-likeness (QED) is 0.495. The van der Waals surface area contributed by atoms with Gasteiger partial charge in [-0.15, -0.1) is 0 Å². The second-order valence-electron chi connectivity index (χ2n) is 7.85. The van der Waals surface area contributed by atoms with Crippen molar-refractivity contribution in [3.8, 4) is 11.1 Å². The minimum Gasteiger partial charge on any atom is -0.360 e. The van der Waals surface area contributed by atoms with Crippen molar-refractivity contribution in [2.75, 3.05) is 18.4 Å². The van der Waals surface area contributed by atoms with Gasteiger partial charge in [-0.2, -0.15) is 0 Å². The van der Waals surface area contributed by atoms with Gasteiger partial charge in [-0.1, -0.05) is 24.3 Å². The number of para-hydroxylation sites is 1. The fraction of sp³-hybridized carbons (Fsp3) is 0.200. The molecule has 5 heteroatoms. The molecule has 2 aromatic carbocycles. The molecular formula is C25H24N4O. The highest BCUT2D eigenvalue weighted by Crippen LogP contribution is 2.27. The number of aromatic nitrogens is 2. The average molecular weight is 396 g/mol. The van der Waals surface area contributed by atoms with Crippen LogP contribution in [0.3, 0.4) is 0 Å². The van der Waals surface area contributed by atoms with E-state index in [2.05, 4.69) is 38.4 Å². The van der Waals surface area contributed by atoms with E-state index in [0.717, 1.165) is 34.3 Å². The zero-order valence-corrected chi connectivity index (χ0v) is 16.8. The molecule has 150 valence electrons. The first kappa shape index (κ1) is 18.6. The molecule has 1 fully saturated rings. The van der Waals surface area contributed by atoms with Crippen LogP contribution in [0.5, 0.6) is 0 Å². The Morgan fingerprint density at radius 2 is 1.83 bits per heavy atom. The van der Waals surface area contributed by atoms with Crippen LogP contribution in [0.15, 0.2) is 73.2 Å². The third kappa shape index (κ3) is 3.84. The number of hydrogen-bond acceptors (Lipinski definition) is 3. The smallest absolute Gasteiger partial charge is 0.257 e.